The van der Waals surface area contributed by atoms with Crippen molar-refractivity contribution in [3.63, 3.8) is 0 Å². The number of H-pyrrole nitrogens is 3. The van der Waals surface area contributed by atoms with Crippen molar-refractivity contribution in [2.45, 2.75) is 0 Å². The Morgan fingerprint density at radius 3 is 2.44 bits per heavy atom. The van der Waals surface area contributed by atoms with Crippen LogP contribution >= 0.6 is 0 Å². The first-order valence-corrected chi connectivity index (χ1v) is 11.6. The molecule has 0 aliphatic carbocycles. The molecule has 6 aromatic rings. The number of para-hydroxylation sites is 3. The number of aromatic amines is 3. The van der Waals surface area contributed by atoms with Crippen molar-refractivity contribution in [1.82, 2.24) is 35.0 Å². The van der Waals surface area contributed by atoms with E-state index < -0.39 is 0 Å². The van der Waals surface area contributed by atoms with E-state index in [2.05, 4.69) is 67.3 Å². The largest absolute Gasteiger partial charge is 0.369 e. The van der Waals surface area contributed by atoms with Gasteiger partial charge in [-0.1, -0.05) is 24.3 Å². The Hall–Kier alpha value is -4.17. The Bertz CT molecular complexity index is 1610. The van der Waals surface area contributed by atoms with Crippen LogP contribution in [-0.2, 0) is 0 Å². The van der Waals surface area contributed by atoms with Gasteiger partial charge in [0, 0.05) is 42.8 Å². The van der Waals surface area contributed by atoms with Gasteiger partial charge in [0.2, 0.25) is 0 Å². The van der Waals surface area contributed by atoms with Gasteiger partial charge in [-0.2, -0.15) is 5.10 Å². The Morgan fingerprint density at radius 1 is 0.765 bits per heavy atom. The molecule has 34 heavy (non-hydrogen) atoms. The summed E-state index contributed by atoms with van der Waals surface area (Å²) in [5, 5.41) is 8.85. The molecule has 1 fully saturated rings. The molecule has 4 heterocycles. The predicted octanol–water partition coefficient (Wildman–Crippen LogP) is 4.40. The highest BCUT2D eigenvalue weighted by Gasteiger charge is 2.18. The molecule has 3 aromatic carbocycles. The number of benzene rings is 3. The lowest BCUT2D eigenvalue weighted by Crippen LogP contribution is -2.44. The highest BCUT2D eigenvalue weighted by atomic mass is 15.2. The zero-order valence-electron chi connectivity index (χ0n) is 18.8. The summed E-state index contributed by atoms with van der Waals surface area (Å²) in [6, 6.07) is 20.7. The second kappa shape index (κ2) is 7.43. The van der Waals surface area contributed by atoms with E-state index in [0.29, 0.717) is 0 Å². The fourth-order valence-corrected chi connectivity index (χ4v) is 4.87. The van der Waals surface area contributed by atoms with Gasteiger partial charge in [-0.15, -0.1) is 0 Å². The molecule has 7 rings (SSSR count). The van der Waals surface area contributed by atoms with Crippen molar-refractivity contribution in [2.75, 3.05) is 38.1 Å². The zero-order chi connectivity index (χ0) is 22.6. The number of piperazine rings is 1. The zero-order valence-corrected chi connectivity index (χ0v) is 18.8. The topological polar surface area (TPSA) is 92.5 Å². The molecule has 1 saturated heterocycles. The molecule has 0 bridgehead atoms. The SMILES string of the molecule is CN1CCN(c2ccc3[nH]c(-c4cccc5c(-c6nc7ccccc7[nH]6)n[nH]c45)nc3c2)CC1. The third-order valence-corrected chi connectivity index (χ3v) is 6.80. The number of nitrogens with one attached hydrogen (secondary N) is 3. The molecule has 0 saturated carbocycles. The second-order valence-electron chi connectivity index (χ2n) is 8.98. The van der Waals surface area contributed by atoms with E-state index in [4.69, 9.17) is 9.97 Å². The minimum atomic E-state index is 0.756. The van der Waals surface area contributed by atoms with Crippen LogP contribution in [0.2, 0.25) is 0 Å². The summed E-state index contributed by atoms with van der Waals surface area (Å²) in [6.45, 7) is 4.24. The van der Waals surface area contributed by atoms with Crippen LogP contribution in [0.3, 0.4) is 0 Å². The minimum absolute atomic E-state index is 0.756. The number of rotatable bonds is 3. The molecule has 0 unspecified atom stereocenters. The predicted molar refractivity (Wildman–Crippen MR) is 136 cm³/mol. The third-order valence-electron chi connectivity index (χ3n) is 6.80. The maximum Gasteiger partial charge on any atom is 0.159 e. The van der Waals surface area contributed by atoms with Crippen LogP contribution in [0, 0.1) is 0 Å². The number of hydrogen-bond donors (Lipinski definition) is 3. The van der Waals surface area contributed by atoms with Crippen molar-refractivity contribution in [2.24, 2.45) is 0 Å². The van der Waals surface area contributed by atoms with Crippen LogP contribution in [0.1, 0.15) is 0 Å². The van der Waals surface area contributed by atoms with Gasteiger partial charge < -0.3 is 19.8 Å². The van der Waals surface area contributed by atoms with Gasteiger partial charge in [-0.25, -0.2) is 9.97 Å². The van der Waals surface area contributed by atoms with Crippen LogP contribution in [0.15, 0.2) is 60.7 Å². The van der Waals surface area contributed by atoms with Gasteiger partial charge in [0.25, 0.3) is 0 Å². The van der Waals surface area contributed by atoms with Crippen molar-refractivity contribution in [3.8, 4) is 22.9 Å². The van der Waals surface area contributed by atoms with Crippen LogP contribution in [0.5, 0.6) is 0 Å². The normalized spacial score (nSPS) is 15.1. The molecule has 3 N–H and O–H groups in total. The molecule has 0 spiro atoms. The lowest BCUT2D eigenvalue weighted by atomic mass is 10.1. The van der Waals surface area contributed by atoms with Gasteiger partial charge in [0.15, 0.2) is 5.82 Å². The highest BCUT2D eigenvalue weighted by molar-refractivity contribution is 6.01. The first-order chi connectivity index (χ1) is 16.7. The molecule has 1 aliphatic rings. The third kappa shape index (κ3) is 3.07. The average Bonchev–Trinajstić information content (AvgIpc) is 3.59. The number of anilines is 1. The van der Waals surface area contributed by atoms with Gasteiger partial charge in [-0.3, -0.25) is 5.10 Å². The first-order valence-electron chi connectivity index (χ1n) is 11.6. The molecule has 3 aromatic heterocycles. The lowest BCUT2D eigenvalue weighted by molar-refractivity contribution is 0.313. The first kappa shape index (κ1) is 19.3. The van der Waals surface area contributed by atoms with E-state index in [1.165, 1.54) is 5.69 Å². The van der Waals surface area contributed by atoms with E-state index in [0.717, 1.165) is 82.1 Å². The van der Waals surface area contributed by atoms with Crippen LogP contribution < -0.4 is 4.90 Å². The second-order valence-corrected chi connectivity index (χ2v) is 8.98. The van der Waals surface area contributed by atoms with Crippen molar-refractivity contribution in [3.05, 3.63) is 60.7 Å². The number of aromatic nitrogens is 6. The van der Waals surface area contributed by atoms with Crippen LogP contribution in [-0.4, -0.2) is 68.3 Å². The summed E-state index contributed by atoms with van der Waals surface area (Å²) >= 11 is 0. The van der Waals surface area contributed by atoms with Gasteiger partial charge in [-0.05, 0) is 43.4 Å². The smallest absolute Gasteiger partial charge is 0.159 e. The molecule has 0 amide bonds. The van der Waals surface area contributed by atoms with Gasteiger partial charge in [0.1, 0.15) is 11.5 Å². The van der Waals surface area contributed by atoms with E-state index in [9.17, 15) is 0 Å². The van der Waals surface area contributed by atoms with Crippen LogP contribution in [0.25, 0.3) is 55.9 Å². The number of nitrogens with zero attached hydrogens (tertiary/aromatic N) is 5. The summed E-state index contributed by atoms with van der Waals surface area (Å²) in [6.07, 6.45) is 0. The van der Waals surface area contributed by atoms with Gasteiger partial charge >= 0.3 is 0 Å². The molecule has 0 atom stereocenters. The fourth-order valence-electron chi connectivity index (χ4n) is 4.87. The molecule has 1 aliphatic heterocycles. The van der Waals surface area contributed by atoms with Crippen LogP contribution in [0.4, 0.5) is 5.69 Å². The Kier molecular flexibility index (Phi) is 4.22. The maximum absolute atomic E-state index is 4.96. The average molecular weight is 449 g/mol. The lowest BCUT2D eigenvalue weighted by Gasteiger charge is -2.34. The Balaban J connectivity index is 1.29. The number of hydrogen-bond acceptors (Lipinski definition) is 5. The molecule has 0 radical (unpaired) electrons. The number of imidazole rings is 2. The standard InChI is InChI=1S/C26H24N8/c1-33-11-13-34(14-12-33)16-9-10-21-22(15-16)30-25(27-21)18-6-4-5-17-23(18)31-32-24(17)26-28-19-7-2-3-8-20(19)29-26/h2-10,15H,11-14H2,1H3,(H,27,30)(H,28,29)(H,31,32). The molecule has 8 heteroatoms. The van der Waals surface area contributed by atoms with E-state index in [-0.39, 0.29) is 0 Å². The molecular weight excluding hydrogens is 424 g/mol. The van der Waals surface area contributed by atoms with E-state index >= 15 is 0 Å². The van der Waals surface area contributed by atoms with Gasteiger partial charge in [0.05, 0.1) is 27.6 Å². The van der Waals surface area contributed by atoms with E-state index in [1.807, 2.05) is 30.3 Å². The maximum atomic E-state index is 4.96. The van der Waals surface area contributed by atoms with Crippen molar-refractivity contribution < 1.29 is 0 Å². The minimum Gasteiger partial charge on any atom is -0.369 e. The Morgan fingerprint density at radius 2 is 1.56 bits per heavy atom. The monoisotopic (exact) mass is 448 g/mol. The molecule has 8 nitrogen and oxygen atoms in total. The summed E-state index contributed by atoms with van der Waals surface area (Å²) in [5.41, 5.74) is 7.90. The fraction of sp³-hybridized carbons (Fsp3) is 0.192. The molecular formula is C26H24N8. The number of likely N-dealkylation sites (N-methyl/N-ethyl adjacent to an activating group) is 1. The summed E-state index contributed by atoms with van der Waals surface area (Å²) in [7, 11) is 2.18. The Labute approximate surface area is 195 Å². The summed E-state index contributed by atoms with van der Waals surface area (Å²) < 4.78 is 0. The number of fused-ring (bicyclic) bond motifs is 3. The highest BCUT2D eigenvalue weighted by Crippen LogP contribution is 2.33. The summed E-state index contributed by atoms with van der Waals surface area (Å²) in [4.78, 5) is 21.4. The summed E-state index contributed by atoms with van der Waals surface area (Å²) in [5.74, 6) is 1.59. The van der Waals surface area contributed by atoms with Crippen molar-refractivity contribution >= 4 is 38.7 Å². The quantitative estimate of drug-likeness (QED) is 0.373. The molecule has 168 valence electrons. The van der Waals surface area contributed by atoms with E-state index in [1.54, 1.807) is 0 Å². The van der Waals surface area contributed by atoms with Crippen molar-refractivity contribution in [1.29, 1.82) is 0 Å².